The van der Waals surface area contributed by atoms with E-state index in [9.17, 15) is 14.3 Å². The monoisotopic (exact) mass is 352 g/mol. The van der Waals surface area contributed by atoms with Gasteiger partial charge >= 0.3 is 0 Å². The zero-order valence-electron chi connectivity index (χ0n) is 14.7. The van der Waals surface area contributed by atoms with Crippen LogP contribution in [0.1, 0.15) is 36.1 Å². The first-order valence-corrected chi connectivity index (χ1v) is 8.44. The van der Waals surface area contributed by atoms with E-state index in [4.69, 9.17) is 5.73 Å². The van der Waals surface area contributed by atoms with Crippen LogP contribution in [0.2, 0.25) is 0 Å². The van der Waals surface area contributed by atoms with Gasteiger partial charge in [0.15, 0.2) is 0 Å². The summed E-state index contributed by atoms with van der Waals surface area (Å²) >= 11 is 0. The van der Waals surface area contributed by atoms with Crippen LogP contribution in [-0.4, -0.2) is 15.6 Å². The molecule has 0 aliphatic heterocycles. The highest BCUT2D eigenvalue weighted by atomic mass is 19.1. The second-order valence-corrected chi connectivity index (χ2v) is 6.40. The molecule has 1 heterocycles. The molecule has 0 saturated carbocycles. The van der Waals surface area contributed by atoms with Gasteiger partial charge in [0.25, 0.3) is 5.91 Å². The Hall–Kier alpha value is -2.92. The van der Waals surface area contributed by atoms with Crippen LogP contribution >= 0.6 is 0 Å². The molecule has 0 atom stereocenters. The molecule has 2 aromatic carbocycles. The van der Waals surface area contributed by atoms with E-state index in [1.807, 2.05) is 44.2 Å². The molecule has 5 heteroatoms. The molecule has 134 valence electrons. The number of nitrogens with two attached hydrogens (primary N) is 1. The Morgan fingerprint density at radius 2 is 1.62 bits per heavy atom. The van der Waals surface area contributed by atoms with E-state index in [0.29, 0.717) is 22.5 Å². The van der Waals surface area contributed by atoms with E-state index in [2.05, 4.69) is 0 Å². The van der Waals surface area contributed by atoms with Crippen LogP contribution in [0.5, 0.6) is 0 Å². The molecule has 0 bridgehead atoms. The Labute approximate surface area is 151 Å². The second-order valence-electron chi connectivity index (χ2n) is 6.40. The summed E-state index contributed by atoms with van der Waals surface area (Å²) in [7, 11) is 0. The molecule has 26 heavy (non-hydrogen) atoms. The average molecular weight is 352 g/mol. The first-order valence-electron chi connectivity index (χ1n) is 8.44. The molecule has 0 fully saturated rings. The van der Waals surface area contributed by atoms with Crippen LogP contribution in [0.3, 0.4) is 0 Å². The first-order chi connectivity index (χ1) is 12.5. The van der Waals surface area contributed by atoms with Crippen molar-refractivity contribution in [3.05, 3.63) is 71.8 Å². The number of hydrogen-bond acceptors (Lipinski definition) is 2. The summed E-state index contributed by atoms with van der Waals surface area (Å²) < 4.78 is 15.2. The molecular formula is C21H21FN2O2. The van der Waals surface area contributed by atoms with Crippen LogP contribution in [-0.2, 0) is 6.61 Å². The smallest absolute Gasteiger partial charge is 0.266 e. The number of aromatic nitrogens is 1. The molecule has 4 nitrogen and oxygen atoms in total. The third-order valence-corrected chi connectivity index (χ3v) is 4.40. The van der Waals surface area contributed by atoms with Gasteiger partial charge in [0.2, 0.25) is 0 Å². The quantitative estimate of drug-likeness (QED) is 0.725. The zero-order chi connectivity index (χ0) is 18.8. The Balaban J connectivity index is 2.46. The SMILES string of the molecule is CC(C)n1c(CO)c(-c2ccc(F)cc2)c(-c2ccccc2)c1C(N)=O. The topological polar surface area (TPSA) is 68.2 Å². The van der Waals surface area contributed by atoms with Gasteiger partial charge in [-0.2, -0.15) is 0 Å². The van der Waals surface area contributed by atoms with Crippen LogP contribution in [0, 0.1) is 5.82 Å². The number of benzene rings is 2. The highest BCUT2D eigenvalue weighted by molar-refractivity contribution is 6.04. The van der Waals surface area contributed by atoms with E-state index in [1.54, 1.807) is 16.7 Å². The maximum Gasteiger partial charge on any atom is 0.266 e. The predicted molar refractivity (Wildman–Crippen MR) is 100 cm³/mol. The molecule has 3 rings (SSSR count). The van der Waals surface area contributed by atoms with Crippen LogP contribution in [0.25, 0.3) is 22.3 Å². The Kier molecular flexibility index (Phi) is 4.91. The van der Waals surface area contributed by atoms with Gasteiger partial charge in [-0.25, -0.2) is 4.39 Å². The zero-order valence-corrected chi connectivity index (χ0v) is 14.7. The molecule has 0 unspecified atom stereocenters. The highest BCUT2D eigenvalue weighted by Crippen LogP contribution is 2.41. The molecule has 3 aromatic rings. The van der Waals surface area contributed by atoms with Gasteiger partial charge in [0.05, 0.1) is 12.3 Å². The van der Waals surface area contributed by atoms with E-state index < -0.39 is 5.91 Å². The number of aliphatic hydroxyl groups excluding tert-OH is 1. The molecule has 1 amide bonds. The largest absolute Gasteiger partial charge is 0.390 e. The highest BCUT2D eigenvalue weighted by Gasteiger charge is 2.28. The maximum absolute atomic E-state index is 13.4. The maximum atomic E-state index is 13.4. The molecule has 1 aromatic heterocycles. The summed E-state index contributed by atoms with van der Waals surface area (Å²) in [5.41, 5.74) is 9.54. The first kappa shape index (κ1) is 17.9. The minimum Gasteiger partial charge on any atom is -0.390 e. The molecule has 0 aliphatic rings. The predicted octanol–water partition coefficient (Wildman–Crippen LogP) is 4.13. The Morgan fingerprint density at radius 1 is 1.04 bits per heavy atom. The van der Waals surface area contributed by atoms with E-state index >= 15 is 0 Å². The number of carbonyl (C=O) groups is 1. The molecule has 0 aliphatic carbocycles. The number of halogens is 1. The normalized spacial score (nSPS) is 11.1. The molecular weight excluding hydrogens is 331 g/mol. The van der Waals surface area contributed by atoms with E-state index in [-0.39, 0.29) is 18.5 Å². The van der Waals surface area contributed by atoms with Crippen molar-refractivity contribution in [2.75, 3.05) is 0 Å². The number of aliphatic hydroxyl groups is 1. The minimum absolute atomic E-state index is 0.0867. The van der Waals surface area contributed by atoms with Crippen LogP contribution in [0.4, 0.5) is 4.39 Å². The standard InChI is InChI=1S/C21H21FN2O2/c1-13(2)24-17(12-25)18(15-8-10-16(22)11-9-15)19(20(24)21(23)26)14-6-4-3-5-7-14/h3-11,13,25H,12H2,1-2H3,(H2,23,26). The lowest BCUT2D eigenvalue weighted by atomic mass is 9.94. The summed E-state index contributed by atoms with van der Waals surface area (Å²) in [5.74, 6) is -0.917. The summed E-state index contributed by atoms with van der Waals surface area (Å²) in [4.78, 5) is 12.3. The lowest BCUT2D eigenvalue weighted by Gasteiger charge is -2.15. The van der Waals surface area contributed by atoms with Crippen molar-refractivity contribution in [2.24, 2.45) is 5.73 Å². The molecule has 0 radical (unpaired) electrons. The van der Waals surface area contributed by atoms with E-state index in [1.165, 1.54) is 12.1 Å². The van der Waals surface area contributed by atoms with E-state index in [0.717, 1.165) is 11.1 Å². The molecule has 0 saturated heterocycles. The van der Waals surface area contributed by atoms with Crippen molar-refractivity contribution < 1.29 is 14.3 Å². The van der Waals surface area contributed by atoms with Crippen LogP contribution < -0.4 is 5.73 Å². The third-order valence-electron chi connectivity index (χ3n) is 4.40. The number of amides is 1. The average Bonchev–Trinajstić information content (AvgIpc) is 2.98. The summed E-state index contributed by atoms with van der Waals surface area (Å²) in [6.07, 6.45) is 0. The number of nitrogens with zero attached hydrogens (tertiary/aromatic N) is 1. The lowest BCUT2D eigenvalue weighted by molar-refractivity contribution is 0.0989. The third kappa shape index (κ3) is 3.02. The fourth-order valence-electron chi connectivity index (χ4n) is 3.42. The summed E-state index contributed by atoms with van der Waals surface area (Å²) in [5, 5.41) is 10.1. The van der Waals surface area contributed by atoms with Crippen molar-refractivity contribution in [1.29, 1.82) is 0 Å². The van der Waals surface area contributed by atoms with Gasteiger partial charge < -0.3 is 15.4 Å². The van der Waals surface area contributed by atoms with Gasteiger partial charge in [0.1, 0.15) is 11.5 Å². The van der Waals surface area contributed by atoms with Crippen LogP contribution in [0.15, 0.2) is 54.6 Å². The minimum atomic E-state index is -0.569. The van der Waals surface area contributed by atoms with Crippen molar-refractivity contribution >= 4 is 5.91 Å². The number of primary amides is 1. The number of carbonyl (C=O) groups excluding carboxylic acids is 1. The second kappa shape index (κ2) is 7.14. The fraction of sp³-hybridized carbons (Fsp3) is 0.190. The van der Waals surface area contributed by atoms with Gasteiger partial charge in [-0.3, -0.25) is 4.79 Å². The Morgan fingerprint density at radius 3 is 2.12 bits per heavy atom. The fourth-order valence-corrected chi connectivity index (χ4v) is 3.42. The van der Waals surface area contributed by atoms with Crippen molar-refractivity contribution in [1.82, 2.24) is 4.57 Å². The van der Waals surface area contributed by atoms with Crippen molar-refractivity contribution in [2.45, 2.75) is 26.5 Å². The lowest BCUT2D eigenvalue weighted by Crippen LogP contribution is -2.20. The van der Waals surface area contributed by atoms with Gasteiger partial charge in [-0.1, -0.05) is 42.5 Å². The summed E-state index contributed by atoms with van der Waals surface area (Å²) in [6, 6.07) is 15.3. The van der Waals surface area contributed by atoms with Crippen molar-refractivity contribution in [3.63, 3.8) is 0 Å². The summed E-state index contributed by atoms with van der Waals surface area (Å²) in [6.45, 7) is 3.58. The van der Waals surface area contributed by atoms with Gasteiger partial charge in [-0.15, -0.1) is 0 Å². The number of hydrogen-bond donors (Lipinski definition) is 2. The molecule has 3 N–H and O–H groups in total. The Bertz CT molecular complexity index is 929. The number of rotatable bonds is 5. The van der Waals surface area contributed by atoms with Gasteiger partial charge in [-0.05, 0) is 37.1 Å². The van der Waals surface area contributed by atoms with Gasteiger partial charge in [0, 0.05) is 17.2 Å². The van der Waals surface area contributed by atoms with Crippen molar-refractivity contribution in [3.8, 4) is 22.3 Å². The molecule has 0 spiro atoms.